The van der Waals surface area contributed by atoms with Crippen LogP contribution in [0.25, 0.3) is 16.8 Å². The van der Waals surface area contributed by atoms with Crippen LogP contribution in [0.15, 0.2) is 77.9 Å². The lowest BCUT2D eigenvalue weighted by molar-refractivity contribution is 0.472. The minimum Gasteiger partial charge on any atom is -0.506 e. The van der Waals surface area contributed by atoms with E-state index < -0.39 is 0 Å². The lowest BCUT2D eigenvalue weighted by Crippen LogP contribution is -2.03. The van der Waals surface area contributed by atoms with Crippen molar-refractivity contribution >= 4 is 0 Å². The van der Waals surface area contributed by atoms with Crippen molar-refractivity contribution in [3.05, 3.63) is 83.3 Å². The van der Waals surface area contributed by atoms with Crippen molar-refractivity contribution in [1.82, 2.24) is 4.57 Å². The zero-order chi connectivity index (χ0) is 13.9. The Hall–Kier alpha value is -2.81. The van der Waals surface area contributed by atoms with E-state index in [1.54, 1.807) is 23.0 Å². The van der Waals surface area contributed by atoms with Gasteiger partial charge in [-0.1, -0.05) is 42.5 Å². The Kier molecular flexibility index (Phi) is 3.09. The molecular weight excluding hydrogens is 250 g/mol. The van der Waals surface area contributed by atoms with Gasteiger partial charge in [-0.15, -0.1) is 0 Å². The minimum atomic E-state index is -0.0575. The molecule has 3 heteroatoms. The van der Waals surface area contributed by atoms with Gasteiger partial charge in [-0.3, -0.25) is 4.79 Å². The van der Waals surface area contributed by atoms with Crippen molar-refractivity contribution in [3.63, 3.8) is 0 Å². The first kappa shape index (κ1) is 12.2. The molecule has 0 saturated carbocycles. The van der Waals surface area contributed by atoms with Crippen LogP contribution in [0.1, 0.15) is 0 Å². The van der Waals surface area contributed by atoms with Crippen molar-refractivity contribution in [1.29, 1.82) is 0 Å². The minimum absolute atomic E-state index is 0.0575. The van der Waals surface area contributed by atoms with Gasteiger partial charge in [0.15, 0.2) is 5.43 Å². The lowest BCUT2D eigenvalue weighted by atomic mass is 10.0. The van der Waals surface area contributed by atoms with Crippen molar-refractivity contribution in [2.45, 2.75) is 0 Å². The molecule has 0 aliphatic rings. The van der Waals surface area contributed by atoms with Gasteiger partial charge in [-0.2, -0.15) is 0 Å². The van der Waals surface area contributed by atoms with Crippen molar-refractivity contribution < 1.29 is 5.11 Å². The van der Waals surface area contributed by atoms with E-state index >= 15 is 0 Å². The van der Waals surface area contributed by atoms with E-state index in [4.69, 9.17) is 0 Å². The van der Waals surface area contributed by atoms with Crippen LogP contribution in [0, 0.1) is 0 Å². The molecule has 1 aromatic heterocycles. The monoisotopic (exact) mass is 263 g/mol. The van der Waals surface area contributed by atoms with Crippen LogP contribution in [0.3, 0.4) is 0 Å². The molecule has 2 aromatic carbocycles. The summed E-state index contributed by atoms with van der Waals surface area (Å²) in [5, 5.41) is 10.2. The molecule has 0 atom stereocenters. The molecule has 0 radical (unpaired) electrons. The third kappa shape index (κ3) is 2.21. The molecule has 1 heterocycles. The Bertz CT molecular complexity index is 771. The number of aromatic hydroxyl groups is 1. The van der Waals surface area contributed by atoms with Gasteiger partial charge >= 0.3 is 0 Å². The van der Waals surface area contributed by atoms with Gasteiger partial charge in [0.05, 0.1) is 5.69 Å². The highest BCUT2D eigenvalue weighted by molar-refractivity contribution is 5.76. The summed E-state index contributed by atoms with van der Waals surface area (Å²) < 4.78 is 1.75. The molecule has 0 unspecified atom stereocenters. The summed E-state index contributed by atoms with van der Waals surface area (Å²) >= 11 is 0. The van der Waals surface area contributed by atoms with Crippen LogP contribution in [-0.4, -0.2) is 9.67 Å². The number of benzene rings is 2. The number of para-hydroxylation sites is 1. The van der Waals surface area contributed by atoms with E-state index in [-0.39, 0.29) is 11.2 Å². The molecule has 0 spiro atoms. The number of phenolic OH excluding ortho intramolecular Hbond substituents is 1. The highest BCUT2D eigenvalue weighted by Gasteiger charge is 2.10. The molecule has 0 aliphatic heterocycles. The van der Waals surface area contributed by atoms with E-state index in [0.29, 0.717) is 5.69 Å². The Morgan fingerprint density at radius 1 is 0.800 bits per heavy atom. The van der Waals surface area contributed by atoms with Gasteiger partial charge in [-0.25, -0.2) is 0 Å². The van der Waals surface area contributed by atoms with E-state index in [2.05, 4.69) is 0 Å². The first-order valence-electron chi connectivity index (χ1n) is 6.32. The van der Waals surface area contributed by atoms with E-state index in [1.165, 1.54) is 12.1 Å². The first-order chi connectivity index (χ1) is 9.75. The summed E-state index contributed by atoms with van der Waals surface area (Å²) in [6, 6.07) is 18.2. The molecule has 1 N–H and O–H groups in total. The highest BCUT2D eigenvalue weighted by atomic mass is 16.3. The molecular formula is C17H13NO2. The van der Waals surface area contributed by atoms with Gasteiger partial charge in [0.2, 0.25) is 0 Å². The SMILES string of the molecule is O=c1ccn(-c2c(O)cccc2-c2ccccc2)cc1. The van der Waals surface area contributed by atoms with Gasteiger partial charge in [0.1, 0.15) is 5.75 Å². The first-order valence-corrected chi connectivity index (χ1v) is 6.32. The predicted molar refractivity (Wildman–Crippen MR) is 79.1 cm³/mol. The largest absolute Gasteiger partial charge is 0.506 e. The molecule has 3 aromatic rings. The molecule has 20 heavy (non-hydrogen) atoms. The molecule has 0 bridgehead atoms. The van der Waals surface area contributed by atoms with Crippen LogP contribution in [0.4, 0.5) is 0 Å². The zero-order valence-corrected chi connectivity index (χ0v) is 10.7. The molecule has 98 valence electrons. The standard InChI is InChI=1S/C17H13NO2/c19-14-9-11-18(12-10-14)17-15(7-4-8-16(17)20)13-5-2-1-3-6-13/h1-12,20H. The normalized spacial score (nSPS) is 10.4. The van der Waals surface area contributed by atoms with Crippen molar-refractivity contribution in [2.24, 2.45) is 0 Å². The number of hydrogen-bond donors (Lipinski definition) is 1. The molecule has 3 nitrogen and oxygen atoms in total. The lowest BCUT2D eigenvalue weighted by Gasteiger charge is -2.14. The molecule has 3 rings (SSSR count). The van der Waals surface area contributed by atoms with Gasteiger partial charge in [0.25, 0.3) is 0 Å². The summed E-state index contributed by atoms with van der Waals surface area (Å²) in [7, 11) is 0. The maximum Gasteiger partial charge on any atom is 0.181 e. The van der Waals surface area contributed by atoms with E-state index in [1.807, 2.05) is 42.5 Å². The van der Waals surface area contributed by atoms with Gasteiger partial charge < -0.3 is 9.67 Å². The van der Waals surface area contributed by atoms with E-state index in [9.17, 15) is 9.90 Å². The maximum absolute atomic E-state index is 11.2. The molecule has 0 saturated heterocycles. The van der Waals surface area contributed by atoms with Crippen molar-refractivity contribution in [3.8, 4) is 22.6 Å². The summed E-state index contributed by atoms with van der Waals surface area (Å²) in [6.45, 7) is 0. The van der Waals surface area contributed by atoms with Gasteiger partial charge in [-0.05, 0) is 11.6 Å². The second-order valence-electron chi connectivity index (χ2n) is 4.48. The Balaban J connectivity index is 2.25. The highest BCUT2D eigenvalue weighted by Crippen LogP contribution is 2.32. The third-order valence-electron chi connectivity index (χ3n) is 3.16. The van der Waals surface area contributed by atoms with Crippen LogP contribution in [0.2, 0.25) is 0 Å². The summed E-state index contributed by atoms with van der Waals surface area (Å²) in [6.07, 6.45) is 3.31. The van der Waals surface area contributed by atoms with Crippen LogP contribution in [0.5, 0.6) is 5.75 Å². The molecule has 0 fully saturated rings. The fourth-order valence-corrected chi connectivity index (χ4v) is 2.22. The average Bonchev–Trinajstić information content (AvgIpc) is 2.49. The second-order valence-corrected chi connectivity index (χ2v) is 4.48. The number of phenols is 1. The number of rotatable bonds is 2. The number of nitrogens with zero attached hydrogens (tertiary/aromatic N) is 1. The fraction of sp³-hybridized carbons (Fsp3) is 0. The van der Waals surface area contributed by atoms with Gasteiger partial charge in [0, 0.05) is 30.1 Å². The fourth-order valence-electron chi connectivity index (χ4n) is 2.22. The van der Waals surface area contributed by atoms with Crippen LogP contribution < -0.4 is 5.43 Å². The molecule has 0 aliphatic carbocycles. The summed E-state index contributed by atoms with van der Waals surface area (Å²) in [5.41, 5.74) is 2.53. The number of aromatic nitrogens is 1. The third-order valence-corrected chi connectivity index (χ3v) is 3.16. The predicted octanol–water partition coefficient (Wildman–Crippen LogP) is 3.21. The quantitative estimate of drug-likeness (QED) is 0.771. The zero-order valence-electron chi connectivity index (χ0n) is 10.7. The van der Waals surface area contributed by atoms with Crippen molar-refractivity contribution in [2.75, 3.05) is 0 Å². The Morgan fingerprint density at radius 3 is 2.20 bits per heavy atom. The number of pyridine rings is 1. The molecule has 0 amide bonds. The van der Waals surface area contributed by atoms with E-state index in [0.717, 1.165) is 11.1 Å². The Labute approximate surface area is 116 Å². The Morgan fingerprint density at radius 2 is 1.50 bits per heavy atom. The van der Waals surface area contributed by atoms with Crippen LogP contribution >= 0.6 is 0 Å². The summed E-state index contributed by atoms with van der Waals surface area (Å²) in [5.74, 6) is 0.176. The van der Waals surface area contributed by atoms with Crippen LogP contribution in [-0.2, 0) is 0 Å². The average molecular weight is 263 g/mol. The maximum atomic E-state index is 11.2. The topological polar surface area (TPSA) is 42.2 Å². The smallest absolute Gasteiger partial charge is 0.181 e. The summed E-state index contributed by atoms with van der Waals surface area (Å²) in [4.78, 5) is 11.2. The second kappa shape index (κ2) is 5.05. The number of hydrogen-bond acceptors (Lipinski definition) is 2.